The van der Waals surface area contributed by atoms with E-state index in [0.29, 0.717) is 19.5 Å². The van der Waals surface area contributed by atoms with Crippen LogP contribution in [0, 0.1) is 19.8 Å². The number of para-hydroxylation sites is 1. The van der Waals surface area contributed by atoms with Crippen molar-refractivity contribution in [1.82, 2.24) is 0 Å². The smallest absolute Gasteiger partial charge is 0.232 e. The number of amides is 2. The van der Waals surface area contributed by atoms with E-state index in [1.165, 1.54) is 5.56 Å². The van der Waals surface area contributed by atoms with Crippen LogP contribution in [0.3, 0.4) is 0 Å². The first kappa shape index (κ1) is 15.9. The van der Waals surface area contributed by atoms with Gasteiger partial charge in [-0.2, -0.15) is 0 Å². The summed E-state index contributed by atoms with van der Waals surface area (Å²) >= 11 is 0. The van der Waals surface area contributed by atoms with Crippen LogP contribution >= 0.6 is 0 Å². The van der Waals surface area contributed by atoms with E-state index in [0.717, 1.165) is 28.9 Å². The van der Waals surface area contributed by atoms with E-state index in [1.807, 2.05) is 55.1 Å². The van der Waals surface area contributed by atoms with Crippen LogP contribution in [0.25, 0.3) is 0 Å². The number of aryl methyl sites for hydroxylation is 1. The van der Waals surface area contributed by atoms with E-state index >= 15 is 0 Å². The molecule has 0 saturated carbocycles. The van der Waals surface area contributed by atoms with Gasteiger partial charge in [-0.05, 0) is 49.1 Å². The molecule has 2 amide bonds. The molecule has 0 spiro atoms. The summed E-state index contributed by atoms with van der Waals surface area (Å²) in [5.74, 6) is -0.149. The van der Waals surface area contributed by atoms with Gasteiger partial charge in [0.2, 0.25) is 11.8 Å². The van der Waals surface area contributed by atoms with Gasteiger partial charge in [0.15, 0.2) is 0 Å². The monoisotopic (exact) mass is 334 g/mol. The molecule has 0 aromatic heterocycles. The van der Waals surface area contributed by atoms with E-state index in [4.69, 9.17) is 0 Å². The molecule has 25 heavy (non-hydrogen) atoms. The molecular weight excluding hydrogens is 312 g/mol. The summed E-state index contributed by atoms with van der Waals surface area (Å²) in [6.07, 6.45) is 1.19. The first-order valence-electron chi connectivity index (χ1n) is 8.82. The molecule has 1 saturated heterocycles. The maximum atomic E-state index is 13.0. The number of carbonyl (C=O) groups is 2. The maximum absolute atomic E-state index is 13.0. The molecule has 0 radical (unpaired) electrons. The summed E-state index contributed by atoms with van der Waals surface area (Å²) in [7, 11) is 0. The lowest BCUT2D eigenvalue weighted by Gasteiger charge is -2.23. The Morgan fingerprint density at radius 3 is 2.64 bits per heavy atom. The zero-order chi connectivity index (χ0) is 17.6. The van der Waals surface area contributed by atoms with Crippen LogP contribution in [-0.2, 0) is 16.0 Å². The molecule has 0 bridgehead atoms. The Morgan fingerprint density at radius 1 is 1.04 bits per heavy atom. The highest BCUT2D eigenvalue weighted by atomic mass is 16.2. The van der Waals surface area contributed by atoms with Crippen LogP contribution in [0.1, 0.15) is 23.1 Å². The molecule has 4 rings (SSSR count). The molecule has 4 heteroatoms. The fourth-order valence-electron chi connectivity index (χ4n) is 3.92. The van der Waals surface area contributed by atoms with Gasteiger partial charge in [0.05, 0.1) is 5.92 Å². The van der Waals surface area contributed by atoms with Crippen LogP contribution in [0.5, 0.6) is 0 Å². The molecule has 2 aliphatic heterocycles. The number of hydrogen-bond donors (Lipinski definition) is 0. The highest BCUT2D eigenvalue weighted by Gasteiger charge is 2.39. The summed E-state index contributed by atoms with van der Waals surface area (Å²) in [6.45, 7) is 5.26. The van der Waals surface area contributed by atoms with Crippen molar-refractivity contribution in [3.8, 4) is 0 Å². The lowest BCUT2D eigenvalue weighted by Crippen LogP contribution is -2.36. The van der Waals surface area contributed by atoms with Crippen LogP contribution < -0.4 is 9.80 Å². The second kappa shape index (κ2) is 6.03. The van der Waals surface area contributed by atoms with Gasteiger partial charge >= 0.3 is 0 Å². The predicted molar refractivity (Wildman–Crippen MR) is 98.9 cm³/mol. The molecule has 2 heterocycles. The summed E-state index contributed by atoms with van der Waals surface area (Å²) in [5.41, 5.74) is 5.42. The quantitative estimate of drug-likeness (QED) is 0.846. The molecule has 2 aliphatic rings. The number of rotatable bonds is 2. The van der Waals surface area contributed by atoms with Crippen molar-refractivity contribution in [3.63, 3.8) is 0 Å². The minimum Gasteiger partial charge on any atom is -0.312 e. The molecular formula is C21H22N2O2. The van der Waals surface area contributed by atoms with E-state index in [2.05, 4.69) is 6.07 Å². The van der Waals surface area contributed by atoms with Crippen molar-refractivity contribution in [2.24, 2.45) is 5.92 Å². The Bertz CT molecular complexity index is 859. The van der Waals surface area contributed by atoms with E-state index < -0.39 is 0 Å². The second-order valence-corrected chi connectivity index (χ2v) is 6.99. The molecule has 128 valence electrons. The lowest BCUT2D eigenvalue weighted by molar-refractivity contribution is -0.124. The second-order valence-electron chi connectivity index (χ2n) is 6.99. The topological polar surface area (TPSA) is 40.6 Å². The first-order chi connectivity index (χ1) is 12.1. The Morgan fingerprint density at radius 2 is 1.80 bits per heavy atom. The van der Waals surface area contributed by atoms with Crippen molar-refractivity contribution < 1.29 is 9.59 Å². The molecule has 4 nitrogen and oxygen atoms in total. The number of hydrogen-bond acceptors (Lipinski definition) is 2. The molecule has 1 atom stereocenters. The van der Waals surface area contributed by atoms with Crippen LogP contribution in [0.4, 0.5) is 11.4 Å². The molecule has 1 unspecified atom stereocenters. The zero-order valence-electron chi connectivity index (χ0n) is 14.7. The Labute approximate surface area is 148 Å². The number of carbonyl (C=O) groups excluding carboxylic acids is 2. The molecule has 0 N–H and O–H groups in total. The van der Waals surface area contributed by atoms with Crippen LogP contribution in [0.15, 0.2) is 42.5 Å². The molecule has 0 aliphatic carbocycles. The minimum absolute atomic E-state index is 0.0412. The van der Waals surface area contributed by atoms with Gasteiger partial charge in [-0.15, -0.1) is 0 Å². The van der Waals surface area contributed by atoms with Gasteiger partial charge < -0.3 is 9.80 Å². The third kappa shape index (κ3) is 2.62. The highest BCUT2D eigenvalue weighted by molar-refractivity contribution is 6.05. The van der Waals surface area contributed by atoms with Crippen molar-refractivity contribution in [1.29, 1.82) is 0 Å². The molecule has 1 fully saturated rings. The van der Waals surface area contributed by atoms with Crippen molar-refractivity contribution >= 4 is 23.2 Å². The summed E-state index contributed by atoms with van der Waals surface area (Å²) in [5, 5.41) is 0. The molecule has 2 aromatic rings. The minimum atomic E-state index is -0.265. The Balaban J connectivity index is 1.57. The maximum Gasteiger partial charge on any atom is 0.232 e. The first-order valence-corrected chi connectivity index (χ1v) is 8.82. The van der Waals surface area contributed by atoms with Crippen molar-refractivity contribution in [2.75, 3.05) is 22.9 Å². The van der Waals surface area contributed by atoms with Crippen molar-refractivity contribution in [3.05, 3.63) is 59.2 Å². The Hall–Kier alpha value is -2.62. The Kier molecular flexibility index (Phi) is 3.83. The summed E-state index contributed by atoms with van der Waals surface area (Å²) in [6, 6.07) is 14.0. The SMILES string of the molecule is Cc1cccc(N2CC(C(=O)N3CCc4ccccc43)CC2=O)c1C. The van der Waals surface area contributed by atoms with Crippen LogP contribution in [-0.4, -0.2) is 24.9 Å². The summed E-state index contributed by atoms with van der Waals surface area (Å²) < 4.78 is 0. The number of anilines is 2. The largest absolute Gasteiger partial charge is 0.312 e. The highest BCUT2D eigenvalue weighted by Crippen LogP contribution is 2.33. The van der Waals surface area contributed by atoms with Gasteiger partial charge in [0, 0.05) is 30.9 Å². The van der Waals surface area contributed by atoms with Crippen molar-refractivity contribution in [2.45, 2.75) is 26.7 Å². The third-order valence-electron chi connectivity index (χ3n) is 5.49. The standard InChI is InChI=1S/C21H22N2O2/c1-14-6-5-9-18(15(14)2)23-13-17(12-20(23)24)21(25)22-11-10-16-7-3-4-8-19(16)22/h3-9,17H,10-13H2,1-2H3. The molecule has 2 aromatic carbocycles. The van der Waals surface area contributed by atoms with Gasteiger partial charge in [-0.3, -0.25) is 9.59 Å². The third-order valence-corrected chi connectivity index (χ3v) is 5.49. The van der Waals surface area contributed by atoms with Gasteiger partial charge in [-0.1, -0.05) is 30.3 Å². The van der Waals surface area contributed by atoms with E-state index in [9.17, 15) is 9.59 Å². The van der Waals surface area contributed by atoms with E-state index in [-0.39, 0.29) is 17.7 Å². The van der Waals surface area contributed by atoms with Gasteiger partial charge in [0.1, 0.15) is 0 Å². The normalized spacial score (nSPS) is 19.4. The number of benzene rings is 2. The fourth-order valence-corrected chi connectivity index (χ4v) is 3.92. The van der Waals surface area contributed by atoms with Gasteiger partial charge in [0.25, 0.3) is 0 Å². The average Bonchev–Trinajstić information content (AvgIpc) is 3.21. The van der Waals surface area contributed by atoms with E-state index in [1.54, 1.807) is 4.90 Å². The fraction of sp³-hybridized carbons (Fsp3) is 0.333. The zero-order valence-corrected chi connectivity index (χ0v) is 14.7. The van der Waals surface area contributed by atoms with Crippen LogP contribution in [0.2, 0.25) is 0 Å². The average molecular weight is 334 g/mol. The van der Waals surface area contributed by atoms with Gasteiger partial charge in [-0.25, -0.2) is 0 Å². The number of fused-ring (bicyclic) bond motifs is 1. The lowest BCUT2D eigenvalue weighted by atomic mass is 10.1. The predicted octanol–water partition coefficient (Wildman–Crippen LogP) is 3.25. The summed E-state index contributed by atoms with van der Waals surface area (Å²) in [4.78, 5) is 29.2. The number of nitrogens with zero attached hydrogens (tertiary/aromatic N) is 2.